The molecule has 1 aromatic carbocycles. The van der Waals surface area contributed by atoms with Crippen LogP contribution in [0.1, 0.15) is 61.8 Å². The third-order valence-corrected chi connectivity index (χ3v) is 5.74. The lowest BCUT2D eigenvalue weighted by Gasteiger charge is -2.23. The summed E-state index contributed by atoms with van der Waals surface area (Å²) in [7, 11) is 0. The highest BCUT2D eigenvalue weighted by molar-refractivity contribution is 7.99. The third kappa shape index (κ3) is 4.72. The fourth-order valence-corrected chi connectivity index (χ4v) is 4.63. The number of thioether (sulfide) groups is 1. The molecule has 0 bridgehead atoms. The Labute approximate surface area is 133 Å². The van der Waals surface area contributed by atoms with Gasteiger partial charge in [0, 0.05) is 22.6 Å². The second-order valence-corrected chi connectivity index (χ2v) is 7.56. The van der Waals surface area contributed by atoms with E-state index in [0.717, 1.165) is 40.7 Å². The third-order valence-electron chi connectivity index (χ3n) is 4.27. The topological polar surface area (TPSA) is 12.0 Å². The average Bonchev–Trinajstić information content (AvgIpc) is 2.93. The van der Waals surface area contributed by atoms with E-state index in [2.05, 4.69) is 18.3 Å². The molecule has 0 amide bonds. The van der Waals surface area contributed by atoms with Crippen LogP contribution in [0.2, 0.25) is 0 Å². The first-order valence-electron chi connectivity index (χ1n) is 8.23. The van der Waals surface area contributed by atoms with Gasteiger partial charge >= 0.3 is 0 Å². The summed E-state index contributed by atoms with van der Waals surface area (Å²) < 4.78 is 14.4. The molecular formula is C18H28FNS. The van der Waals surface area contributed by atoms with E-state index in [1.807, 2.05) is 25.6 Å². The van der Waals surface area contributed by atoms with Crippen molar-refractivity contribution in [2.24, 2.45) is 0 Å². The lowest BCUT2D eigenvalue weighted by Crippen LogP contribution is -2.26. The average molecular weight is 309 g/mol. The summed E-state index contributed by atoms with van der Waals surface area (Å²) in [6.07, 6.45) is 6.48. The number of hydrogen-bond acceptors (Lipinski definition) is 2. The summed E-state index contributed by atoms with van der Waals surface area (Å²) in [4.78, 5) is 0. The fourth-order valence-electron chi connectivity index (χ4n) is 3.22. The predicted octanol–water partition coefficient (Wildman–Crippen LogP) is 5.16. The molecule has 21 heavy (non-hydrogen) atoms. The Hall–Kier alpha value is -0.540. The van der Waals surface area contributed by atoms with Gasteiger partial charge in [-0.05, 0) is 56.8 Å². The minimum atomic E-state index is -0.0480. The molecule has 1 saturated carbocycles. The van der Waals surface area contributed by atoms with Crippen molar-refractivity contribution < 1.29 is 4.39 Å². The maximum absolute atomic E-state index is 14.4. The predicted molar refractivity (Wildman–Crippen MR) is 91.6 cm³/mol. The number of halogens is 1. The second kappa shape index (κ2) is 8.19. The Morgan fingerprint density at radius 3 is 2.62 bits per heavy atom. The number of rotatable bonds is 7. The van der Waals surface area contributed by atoms with E-state index >= 15 is 0 Å². The number of hydrogen-bond donors (Lipinski definition) is 1. The van der Waals surface area contributed by atoms with Gasteiger partial charge in [0.15, 0.2) is 0 Å². The van der Waals surface area contributed by atoms with Gasteiger partial charge in [-0.2, -0.15) is 11.8 Å². The maximum Gasteiger partial charge on any atom is 0.128 e. The van der Waals surface area contributed by atoms with E-state index in [0.29, 0.717) is 0 Å². The van der Waals surface area contributed by atoms with Crippen molar-refractivity contribution >= 4 is 11.8 Å². The lowest BCUT2D eigenvalue weighted by atomic mass is 9.99. The summed E-state index contributed by atoms with van der Waals surface area (Å²) in [5.41, 5.74) is 2.96. The highest BCUT2D eigenvalue weighted by Crippen LogP contribution is 2.33. The molecule has 2 rings (SSSR count). The Morgan fingerprint density at radius 1 is 1.29 bits per heavy atom. The largest absolute Gasteiger partial charge is 0.309 e. The van der Waals surface area contributed by atoms with Crippen LogP contribution in [0.15, 0.2) is 12.1 Å². The van der Waals surface area contributed by atoms with Gasteiger partial charge in [-0.1, -0.05) is 25.8 Å². The monoisotopic (exact) mass is 309 g/mol. The van der Waals surface area contributed by atoms with Crippen LogP contribution in [0, 0.1) is 19.7 Å². The summed E-state index contributed by atoms with van der Waals surface area (Å²) in [5.74, 6) is 0.930. The Bertz CT molecular complexity index is 432. The minimum absolute atomic E-state index is 0.0480. The summed E-state index contributed by atoms with van der Waals surface area (Å²) in [6.45, 7) is 7.10. The number of benzene rings is 1. The van der Waals surface area contributed by atoms with Gasteiger partial charge in [0.25, 0.3) is 0 Å². The Balaban J connectivity index is 2.10. The molecule has 3 heteroatoms. The quantitative estimate of drug-likeness (QED) is 0.746. The van der Waals surface area contributed by atoms with Crippen LogP contribution in [-0.4, -0.2) is 17.5 Å². The Kier molecular flexibility index (Phi) is 6.56. The van der Waals surface area contributed by atoms with Gasteiger partial charge in [0.2, 0.25) is 0 Å². The van der Waals surface area contributed by atoms with Gasteiger partial charge in [-0.15, -0.1) is 0 Å². The van der Waals surface area contributed by atoms with E-state index in [4.69, 9.17) is 0 Å². The van der Waals surface area contributed by atoms with Gasteiger partial charge in [-0.3, -0.25) is 0 Å². The molecule has 1 unspecified atom stereocenters. The molecule has 118 valence electrons. The van der Waals surface area contributed by atoms with Crippen LogP contribution in [0.4, 0.5) is 4.39 Å². The van der Waals surface area contributed by atoms with Crippen molar-refractivity contribution in [2.45, 2.75) is 64.2 Å². The lowest BCUT2D eigenvalue weighted by molar-refractivity contribution is 0.528. The molecule has 1 atom stereocenters. The summed E-state index contributed by atoms with van der Waals surface area (Å²) in [6, 6.07) is 3.90. The fraction of sp³-hybridized carbons (Fsp3) is 0.667. The zero-order valence-electron chi connectivity index (χ0n) is 13.5. The van der Waals surface area contributed by atoms with Gasteiger partial charge < -0.3 is 5.32 Å². The zero-order valence-corrected chi connectivity index (χ0v) is 14.4. The standard InChI is InChI=1S/C18H28FNS/c1-4-9-20-17(12-21-15-7-5-6-8-15)18-14(3)10-13(2)11-16(18)19/h10-11,15,17,20H,4-9,12H2,1-3H3. The molecule has 0 spiro atoms. The van der Waals surface area contributed by atoms with Gasteiger partial charge in [0.05, 0.1) is 0 Å². The molecule has 0 saturated heterocycles. The van der Waals surface area contributed by atoms with Gasteiger partial charge in [-0.25, -0.2) is 4.39 Å². The van der Waals surface area contributed by atoms with Crippen molar-refractivity contribution in [1.29, 1.82) is 0 Å². The van der Waals surface area contributed by atoms with Crippen LogP contribution in [-0.2, 0) is 0 Å². The van der Waals surface area contributed by atoms with E-state index in [1.54, 1.807) is 6.07 Å². The first kappa shape index (κ1) is 16.8. The van der Waals surface area contributed by atoms with E-state index in [-0.39, 0.29) is 11.9 Å². The molecule has 0 aliphatic heterocycles. The maximum atomic E-state index is 14.4. The zero-order chi connectivity index (χ0) is 15.2. The first-order valence-corrected chi connectivity index (χ1v) is 9.28. The summed E-state index contributed by atoms with van der Waals surface area (Å²) in [5, 5.41) is 4.33. The number of aryl methyl sites for hydroxylation is 2. The van der Waals surface area contributed by atoms with Crippen molar-refractivity contribution in [3.05, 3.63) is 34.6 Å². The Morgan fingerprint density at radius 2 is 2.00 bits per heavy atom. The molecule has 0 heterocycles. The SMILES string of the molecule is CCCNC(CSC1CCCC1)c1c(C)cc(C)cc1F. The van der Waals surface area contributed by atoms with Crippen LogP contribution >= 0.6 is 11.8 Å². The van der Waals surface area contributed by atoms with Crippen molar-refractivity contribution in [3.8, 4) is 0 Å². The highest BCUT2D eigenvalue weighted by atomic mass is 32.2. The molecular weight excluding hydrogens is 281 g/mol. The van der Waals surface area contributed by atoms with Crippen molar-refractivity contribution in [3.63, 3.8) is 0 Å². The highest BCUT2D eigenvalue weighted by Gasteiger charge is 2.22. The van der Waals surface area contributed by atoms with E-state index in [9.17, 15) is 4.39 Å². The van der Waals surface area contributed by atoms with E-state index in [1.165, 1.54) is 25.7 Å². The first-order chi connectivity index (χ1) is 10.1. The molecule has 1 N–H and O–H groups in total. The number of nitrogens with one attached hydrogen (secondary N) is 1. The second-order valence-electron chi connectivity index (χ2n) is 6.22. The van der Waals surface area contributed by atoms with Crippen LogP contribution < -0.4 is 5.32 Å². The molecule has 1 fully saturated rings. The summed E-state index contributed by atoms with van der Waals surface area (Å²) >= 11 is 2.03. The molecule has 0 radical (unpaired) electrons. The molecule has 0 aromatic heterocycles. The van der Waals surface area contributed by atoms with Gasteiger partial charge in [0.1, 0.15) is 5.82 Å². The van der Waals surface area contributed by atoms with E-state index < -0.39 is 0 Å². The molecule has 1 nitrogen and oxygen atoms in total. The van der Waals surface area contributed by atoms with Crippen LogP contribution in [0.5, 0.6) is 0 Å². The van der Waals surface area contributed by atoms with Crippen molar-refractivity contribution in [2.75, 3.05) is 12.3 Å². The van der Waals surface area contributed by atoms with Crippen molar-refractivity contribution in [1.82, 2.24) is 5.32 Å². The van der Waals surface area contributed by atoms with Crippen LogP contribution in [0.25, 0.3) is 0 Å². The smallest absolute Gasteiger partial charge is 0.128 e. The molecule has 1 aliphatic carbocycles. The molecule has 1 aliphatic rings. The molecule has 1 aromatic rings. The minimum Gasteiger partial charge on any atom is -0.309 e. The van der Waals surface area contributed by atoms with Crippen LogP contribution in [0.3, 0.4) is 0 Å². The normalized spacial score (nSPS) is 17.3.